The average molecular weight is 317 g/mol. The maximum atomic E-state index is 12.7. The number of benzene rings is 2. The first-order valence-electron chi connectivity index (χ1n) is 6.88. The van der Waals surface area contributed by atoms with Crippen molar-refractivity contribution in [3.63, 3.8) is 0 Å². The number of rotatable bonds is 3. The lowest BCUT2D eigenvalue weighted by Gasteiger charge is -2.20. The molecular weight excluding hydrogens is 300 g/mol. The van der Waals surface area contributed by atoms with Crippen LogP contribution in [0, 0.1) is 0 Å². The van der Waals surface area contributed by atoms with E-state index in [1.807, 2.05) is 20.8 Å². The number of hydrogen-bond acceptors (Lipinski definition) is 2. The van der Waals surface area contributed by atoms with Gasteiger partial charge < -0.3 is 5.11 Å². The SMILES string of the molecule is CC(C)(C)c1ccc(C(=O)O)c(C(=O)c2ccc(Cl)cc2)c1. The van der Waals surface area contributed by atoms with Gasteiger partial charge in [0.1, 0.15) is 0 Å². The average Bonchev–Trinajstić information content (AvgIpc) is 2.45. The molecule has 0 heterocycles. The number of carboxylic acids is 1. The maximum Gasteiger partial charge on any atom is 0.336 e. The Hall–Kier alpha value is -2.13. The van der Waals surface area contributed by atoms with E-state index in [9.17, 15) is 14.7 Å². The second-order valence-corrected chi connectivity index (χ2v) is 6.59. The van der Waals surface area contributed by atoms with Gasteiger partial charge in [-0.05, 0) is 47.4 Å². The fourth-order valence-corrected chi connectivity index (χ4v) is 2.27. The van der Waals surface area contributed by atoms with Crippen LogP contribution in [0.5, 0.6) is 0 Å². The van der Waals surface area contributed by atoms with Crippen LogP contribution in [-0.4, -0.2) is 16.9 Å². The summed E-state index contributed by atoms with van der Waals surface area (Å²) in [6.07, 6.45) is 0. The van der Waals surface area contributed by atoms with Gasteiger partial charge in [-0.3, -0.25) is 4.79 Å². The molecule has 0 unspecified atom stereocenters. The Morgan fingerprint density at radius 2 is 1.55 bits per heavy atom. The third-order valence-corrected chi connectivity index (χ3v) is 3.72. The van der Waals surface area contributed by atoms with E-state index in [0.717, 1.165) is 5.56 Å². The van der Waals surface area contributed by atoms with E-state index in [1.165, 1.54) is 6.07 Å². The van der Waals surface area contributed by atoms with Crippen LogP contribution in [0.25, 0.3) is 0 Å². The van der Waals surface area contributed by atoms with Crippen molar-refractivity contribution in [1.82, 2.24) is 0 Å². The summed E-state index contributed by atoms with van der Waals surface area (Å²) >= 11 is 5.82. The molecule has 0 aliphatic rings. The first kappa shape index (κ1) is 16.2. The molecule has 22 heavy (non-hydrogen) atoms. The van der Waals surface area contributed by atoms with E-state index in [1.54, 1.807) is 36.4 Å². The highest BCUT2D eigenvalue weighted by atomic mass is 35.5. The molecule has 2 aromatic rings. The van der Waals surface area contributed by atoms with Gasteiger partial charge in [0.2, 0.25) is 0 Å². The number of aromatic carboxylic acids is 1. The van der Waals surface area contributed by atoms with Crippen molar-refractivity contribution in [3.8, 4) is 0 Å². The predicted molar refractivity (Wildman–Crippen MR) is 87.0 cm³/mol. The number of carboxylic acid groups (broad SMARTS) is 1. The minimum absolute atomic E-state index is 0.00736. The van der Waals surface area contributed by atoms with Gasteiger partial charge in [-0.15, -0.1) is 0 Å². The zero-order valence-corrected chi connectivity index (χ0v) is 13.4. The largest absolute Gasteiger partial charge is 0.478 e. The fourth-order valence-electron chi connectivity index (χ4n) is 2.14. The first-order chi connectivity index (χ1) is 10.2. The lowest BCUT2D eigenvalue weighted by Crippen LogP contribution is -2.16. The third kappa shape index (κ3) is 3.37. The van der Waals surface area contributed by atoms with Gasteiger partial charge in [0, 0.05) is 16.1 Å². The molecule has 4 heteroatoms. The van der Waals surface area contributed by atoms with Gasteiger partial charge in [0.15, 0.2) is 5.78 Å². The van der Waals surface area contributed by atoms with Crippen LogP contribution in [-0.2, 0) is 5.41 Å². The summed E-state index contributed by atoms with van der Waals surface area (Å²) in [4.78, 5) is 24.1. The van der Waals surface area contributed by atoms with Crippen LogP contribution >= 0.6 is 11.6 Å². The van der Waals surface area contributed by atoms with Crippen LogP contribution in [0.15, 0.2) is 42.5 Å². The number of hydrogen-bond donors (Lipinski definition) is 1. The Labute approximate surface area is 134 Å². The molecule has 0 amide bonds. The first-order valence-corrected chi connectivity index (χ1v) is 7.26. The van der Waals surface area contributed by atoms with Gasteiger partial charge in [0.05, 0.1) is 5.56 Å². The van der Waals surface area contributed by atoms with Crippen molar-refractivity contribution in [1.29, 1.82) is 0 Å². The zero-order valence-electron chi connectivity index (χ0n) is 12.7. The Bertz CT molecular complexity index is 725. The number of halogens is 1. The fraction of sp³-hybridized carbons (Fsp3) is 0.222. The number of carbonyl (C=O) groups is 2. The summed E-state index contributed by atoms with van der Waals surface area (Å²) in [5.41, 5.74) is 1.36. The molecule has 0 atom stereocenters. The van der Waals surface area contributed by atoms with E-state index < -0.39 is 5.97 Å². The van der Waals surface area contributed by atoms with Crippen molar-refractivity contribution >= 4 is 23.4 Å². The summed E-state index contributed by atoms with van der Waals surface area (Å²) in [5, 5.41) is 9.85. The Balaban J connectivity index is 2.58. The van der Waals surface area contributed by atoms with Gasteiger partial charge in [-0.25, -0.2) is 4.79 Å². The molecule has 0 aliphatic carbocycles. The van der Waals surface area contributed by atoms with Crippen molar-refractivity contribution in [3.05, 3.63) is 69.7 Å². The van der Waals surface area contributed by atoms with Crippen LogP contribution in [0.1, 0.15) is 52.6 Å². The molecule has 1 N–H and O–H groups in total. The lowest BCUT2D eigenvalue weighted by atomic mass is 9.84. The highest BCUT2D eigenvalue weighted by Crippen LogP contribution is 2.26. The van der Waals surface area contributed by atoms with E-state index in [0.29, 0.717) is 10.6 Å². The quantitative estimate of drug-likeness (QED) is 0.844. The van der Waals surface area contributed by atoms with Gasteiger partial charge in [-0.1, -0.05) is 38.4 Å². The third-order valence-electron chi connectivity index (χ3n) is 3.47. The number of carbonyl (C=O) groups excluding carboxylic acids is 1. The lowest BCUT2D eigenvalue weighted by molar-refractivity contribution is 0.0692. The van der Waals surface area contributed by atoms with Crippen molar-refractivity contribution in [2.45, 2.75) is 26.2 Å². The second-order valence-electron chi connectivity index (χ2n) is 6.15. The standard InChI is InChI=1S/C18H17ClO3/c1-18(2,3)12-6-9-14(17(21)22)15(10-12)16(20)11-4-7-13(19)8-5-11/h4-10H,1-3H3,(H,21,22). The summed E-state index contributed by atoms with van der Waals surface area (Å²) in [5.74, 6) is -1.43. The highest BCUT2D eigenvalue weighted by Gasteiger charge is 2.22. The van der Waals surface area contributed by atoms with Crippen molar-refractivity contribution < 1.29 is 14.7 Å². The Morgan fingerprint density at radius 3 is 2.05 bits per heavy atom. The smallest absolute Gasteiger partial charge is 0.336 e. The molecule has 3 nitrogen and oxygen atoms in total. The minimum Gasteiger partial charge on any atom is -0.478 e. The molecule has 0 fully saturated rings. The van der Waals surface area contributed by atoms with E-state index in [4.69, 9.17) is 11.6 Å². The Kier molecular flexibility index (Phi) is 4.38. The molecule has 0 aromatic heterocycles. The van der Waals surface area contributed by atoms with Gasteiger partial charge >= 0.3 is 5.97 Å². The van der Waals surface area contributed by atoms with Crippen LogP contribution in [0.2, 0.25) is 5.02 Å². The minimum atomic E-state index is -1.11. The summed E-state index contributed by atoms with van der Waals surface area (Å²) in [6.45, 7) is 6.04. The van der Waals surface area contributed by atoms with Gasteiger partial charge in [-0.2, -0.15) is 0 Å². The van der Waals surface area contributed by atoms with Crippen LogP contribution < -0.4 is 0 Å². The molecule has 2 aromatic carbocycles. The molecular formula is C18H17ClO3. The molecule has 114 valence electrons. The monoisotopic (exact) mass is 316 g/mol. The van der Waals surface area contributed by atoms with Gasteiger partial charge in [0.25, 0.3) is 0 Å². The summed E-state index contributed by atoms with van der Waals surface area (Å²) < 4.78 is 0. The maximum absolute atomic E-state index is 12.7. The topological polar surface area (TPSA) is 54.4 Å². The summed E-state index contributed by atoms with van der Waals surface area (Å²) in [6, 6.07) is 11.3. The molecule has 0 saturated heterocycles. The molecule has 0 spiro atoms. The Morgan fingerprint density at radius 1 is 0.955 bits per heavy atom. The zero-order chi connectivity index (χ0) is 16.5. The molecule has 0 bridgehead atoms. The number of ketones is 1. The normalized spacial score (nSPS) is 11.3. The highest BCUT2D eigenvalue weighted by molar-refractivity contribution is 6.30. The molecule has 0 aliphatic heterocycles. The summed E-state index contributed by atoms with van der Waals surface area (Å²) in [7, 11) is 0. The predicted octanol–water partition coefficient (Wildman–Crippen LogP) is 4.57. The second kappa shape index (κ2) is 5.93. The molecule has 0 radical (unpaired) electrons. The molecule has 0 saturated carbocycles. The van der Waals surface area contributed by atoms with Crippen LogP contribution in [0.4, 0.5) is 0 Å². The van der Waals surface area contributed by atoms with E-state index >= 15 is 0 Å². The van der Waals surface area contributed by atoms with E-state index in [2.05, 4.69) is 0 Å². The van der Waals surface area contributed by atoms with Crippen LogP contribution in [0.3, 0.4) is 0 Å². The van der Waals surface area contributed by atoms with Crippen molar-refractivity contribution in [2.75, 3.05) is 0 Å². The van der Waals surface area contributed by atoms with E-state index in [-0.39, 0.29) is 22.3 Å². The van der Waals surface area contributed by atoms with Crippen molar-refractivity contribution in [2.24, 2.45) is 0 Å². The molecule has 2 rings (SSSR count).